The fraction of sp³-hybridized carbons (Fsp3) is 0.429. The molecule has 1 saturated heterocycles. The molecule has 1 N–H and O–H groups in total. The highest BCUT2D eigenvalue weighted by molar-refractivity contribution is 6.02. The number of imide groups is 1. The van der Waals surface area contributed by atoms with Crippen LogP contribution in [0.5, 0.6) is 0 Å². The zero-order valence-corrected chi connectivity index (χ0v) is 9.91. The molecular formula is C14H14FNO2. The maximum atomic E-state index is 13.9. The second kappa shape index (κ2) is 3.90. The van der Waals surface area contributed by atoms with Crippen molar-refractivity contribution in [1.82, 2.24) is 5.32 Å². The number of carbonyl (C=O) groups excluding carboxylic acids is 2. The first-order valence-electron chi connectivity index (χ1n) is 6.20. The lowest BCUT2D eigenvalue weighted by atomic mass is 9.56. The first kappa shape index (κ1) is 11.4. The van der Waals surface area contributed by atoms with Crippen LogP contribution in [0.4, 0.5) is 4.39 Å². The monoisotopic (exact) mass is 247 g/mol. The molecule has 3 nitrogen and oxygen atoms in total. The molecule has 94 valence electrons. The van der Waals surface area contributed by atoms with Crippen molar-refractivity contribution in [3.63, 3.8) is 0 Å². The van der Waals surface area contributed by atoms with Crippen molar-refractivity contribution < 1.29 is 14.0 Å². The molecule has 1 aromatic carbocycles. The lowest BCUT2D eigenvalue weighted by Gasteiger charge is -2.49. The largest absolute Gasteiger partial charge is 0.296 e. The van der Waals surface area contributed by atoms with E-state index in [-0.39, 0.29) is 23.0 Å². The molecule has 18 heavy (non-hydrogen) atoms. The molecule has 2 fully saturated rings. The van der Waals surface area contributed by atoms with Gasteiger partial charge < -0.3 is 0 Å². The third-order valence-electron chi connectivity index (χ3n) is 4.22. The quantitative estimate of drug-likeness (QED) is 0.773. The fourth-order valence-corrected chi connectivity index (χ4v) is 3.23. The van der Waals surface area contributed by atoms with Crippen molar-refractivity contribution >= 4 is 11.8 Å². The number of benzene rings is 1. The van der Waals surface area contributed by atoms with Gasteiger partial charge in [-0.25, -0.2) is 4.39 Å². The third-order valence-corrected chi connectivity index (χ3v) is 4.22. The third kappa shape index (κ3) is 1.55. The summed E-state index contributed by atoms with van der Waals surface area (Å²) in [5.74, 6) is -1.47. The molecule has 1 aliphatic carbocycles. The Labute approximate surface area is 104 Å². The molecule has 1 unspecified atom stereocenters. The van der Waals surface area contributed by atoms with Crippen molar-refractivity contribution in [2.45, 2.75) is 31.6 Å². The Morgan fingerprint density at radius 3 is 2.56 bits per heavy atom. The number of halogens is 1. The molecule has 0 aromatic heterocycles. The topological polar surface area (TPSA) is 46.2 Å². The number of carbonyl (C=O) groups is 2. The summed E-state index contributed by atoms with van der Waals surface area (Å²) in [5, 5.41) is 2.33. The van der Waals surface area contributed by atoms with Crippen LogP contribution in [-0.4, -0.2) is 11.8 Å². The van der Waals surface area contributed by atoms with Gasteiger partial charge in [-0.15, -0.1) is 0 Å². The molecule has 1 spiro atoms. The van der Waals surface area contributed by atoms with E-state index in [0.29, 0.717) is 12.0 Å². The molecule has 1 heterocycles. The van der Waals surface area contributed by atoms with Crippen LogP contribution in [-0.2, 0) is 9.59 Å². The van der Waals surface area contributed by atoms with E-state index >= 15 is 0 Å². The van der Waals surface area contributed by atoms with E-state index in [9.17, 15) is 14.0 Å². The zero-order valence-electron chi connectivity index (χ0n) is 9.91. The van der Waals surface area contributed by atoms with Crippen LogP contribution in [0.25, 0.3) is 0 Å². The highest BCUT2D eigenvalue weighted by Gasteiger charge is 2.53. The second-order valence-corrected chi connectivity index (χ2v) is 5.26. The SMILES string of the molecule is O=C1CC2(CCC2)C(c2ccccc2F)C(=O)N1. The summed E-state index contributed by atoms with van der Waals surface area (Å²) < 4.78 is 13.9. The van der Waals surface area contributed by atoms with Gasteiger partial charge in [0.25, 0.3) is 0 Å². The zero-order chi connectivity index (χ0) is 12.8. The highest BCUT2D eigenvalue weighted by Crippen LogP contribution is 2.55. The van der Waals surface area contributed by atoms with Gasteiger partial charge in [0.15, 0.2) is 0 Å². The molecule has 2 amide bonds. The van der Waals surface area contributed by atoms with Crippen LogP contribution >= 0.6 is 0 Å². The summed E-state index contributed by atoms with van der Waals surface area (Å²) in [5.41, 5.74) is 0.0731. The van der Waals surface area contributed by atoms with E-state index in [1.54, 1.807) is 18.2 Å². The van der Waals surface area contributed by atoms with Crippen molar-refractivity contribution in [2.75, 3.05) is 0 Å². The van der Waals surface area contributed by atoms with Gasteiger partial charge in [-0.1, -0.05) is 24.6 Å². The molecule has 3 rings (SSSR count). The van der Waals surface area contributed by atoms with Gasteiger partial charge in [-0.05, 0) is 24.3 Å². The first-order chi connectivity index (χ1) is 8.62. The van der Waals surface area contributed by atoms with Crippen LogP contribution in [0.3, 0.4) is 0 Å². The van der Waals surface area contributed by atoms with Gasteiger partial charge in [0.2, 0.25) is 11.8 Å². The van der Waals surface area contributed by atoms with Crippen molar-refractivity contribution in [3.05, 3.63) is 35.6 Å². The second-order valence-electron chi connectivity index (χ2n) is 5.26. The maximum absolute atomic E-state index is 13.9. The average Bonchev–Trinajstić information content (AvgIpc) is 2.27. The van der Waals surface area contributed by atoms with E-state index in [2.05, 4.69) is 5.32 Å². The Balaban J connectivity index is 2.05. The molecule has 1 saturated carbocycles. The van der Waals surface area contributed by atoms with E-state index in [0.717, 1.165) is 19.3 Å². The fourth-order valence-electron chi connectivity index (χ4n) is 3.23. The molecule has 1 atom stereocenters. The van der Waals surface area contributed by atoms with Gasteiger partial charge in [-0.2, -0.15) is 0 Å². The van der Waals surface area contributed by atoms with Crippen LogP contribution in [0.15, 0.2) is 24.3 Å². The number of hydrogen-bond acceptors (Lipinski definition) is 2. The number of piperidine rings is 1. The van der Waals surface area contributed by atoms with E-state index < -0.39 is 5.92 Å². The first-order valence-corrected chi connectivity index (χ1v) is 6.20. The molecule has 2 aliphatic rings. The number of nitrogens with one attached hydrogen (secondary N) is 1. The lowest BCUT2D eigenvalue weighted by molar-refractivity contribution is -0.143. The van der Waals surface area contributed by atoms with Crippen LogP contribution < -0.4 is 5.32 Å². The predicted octanol–water partition coefficient (Wildman–Crippen LogP) is 2.13. The Morgan fingerprint density at radius 2 is 1.94 bits per heavy atom. The number of rotatable bonds is 1. The minimum Gasteiger partial charge on any atom is -0.296 e. The van der Waals surface area contributed by atoms with Crippen LogP contribution in [0.2, 0.25) is 0 Å². The smallest absolute Gasteiger partial charge is 0.234 e. The number of amides is 2. The summed E-state index contributed by atoms with van der Waals surface area (Å²) in [6.45, 7) is 0. The standard InChI is InChI=1S/C14H14FNO2/c15-10-5-2-1-4-9(10)12-13(18)16-11(17)8-14(12)6-3-7-14/h1-2,4-5,12H,3,6-8H2,(H,16,17,18). The summed E-state index contributed by atoms with van der Waals surface area (Å²) in [6.07, 6.45) is 2.99. The Morgan fingerprint density at radius 1 is 1.22 bits per heavy atom. The van der Waals surface area contributed by atoms with E-state index in [1.165, 1.54) is 6.07 Å². The molecule has 4 heteroatoms. The van der Waals surface area contributed by atoms with Gasteiger partial charge in [-0.3, -0.25) is 14.9 Å². The number of hydrogen-bond donors (Lipinski definition) is 1. The Bertz CT molecular complexity index is 522. The predicted molar refractivity (Wildman–Crippen MR) is 63.2 cm³/mol. The summed E-state index contributed by atoms with van der Waals surface area (Å²) in [7, 11) is 0. The minimum absolute atomic E-state index is 0.229. The Hall–Kier alpha value is -1.71. The van der Waals surface area contributed by atoms with Crippen LogP contribution in [0.1, 0.15) is 37.2 Å². The molecule has 0 radical (unpaired) electrons. The van der Waals surface area contributed by atoms with Crippen molar-refractivity contribution in [2.24, 2.45) is 5.41 Å². The van der Waals surface area contributed by atoms with Gasteiger partial charge in [0.05, 0.1) is 5.92 Å². The minimum atomic E-state index is -0.523. The average molecular weight is 247 g/mol. The van der Waals surface area contributed by atoms with Crippen molar-refractivity contribution in [3.8, 4) is 0 Å². The van der Waals surface area contributed by atoms with Gasteiger partial charge >= 0.3 is 0 Å². The summed E-state index contributed by atoms with van der Waals surface area (Å²) in [6, 6.07) is 6.35. The molecule has 1 aliphatic heterocycles. The van der Waals surface area contributed by atoms with Crippen molar-refractivity contribution in [1.29, 1.82) is 0 Å². The van der Waals surface area contributed by atoms with E-state index in [4.69, 9.17) is 0 Å². The molecule has 1 aromatic rings. The van der Waals surface area contributed by atoms with E-state index in [1.807, 2.05) is 0 Å². The normalized spacial score (nSPS) is 25.7. The van der Waals surface area contributed by atoms with Gasteiger partial charge in [0.1, 0.15) is 5.82 Å². The lowest BCUT2D eigenvalue weighted by Crippen LogP contribution is -2.53. The maximum Gasteiger partial charge on any atom is 0.234 e. The highest BCUT2D eigenvalue weighted by atomic mass is 19.1. The molecule has 0 bridgehead atoms. The summed E-state index contributed by atoms with van der Waals surface area (Å²) in [4.78, 5) is 23.6. The van der Waals surface area contributed by atoms with Crippen LogP contribution in [0, 0.1) is 11.2 Å². The molecular weight excluding hydrogens is 233 g/mol. The Kier molecular flexibility index (Phi) is 2.47. The van der Waals surface area contributed by atoms with Gasteiger partial charge in [0, 0.05) is 12.0 Å². The summed E-state index contributed by atoms with van der Waals surface area (Å²) >= 11 is 0.